The number of amides is 1. The van der Waals surface area contributed by atoms with Gasteiger partial charge in [-0.05, 0) is 52.4 Å². The second kappa shape index (κ2) is 11.8. The molecule has 25 heavy (non-hydrogen) atoms. The summed E-state index contributed by atoms with van der Waals surface area (Å²) in [5, 5.41) is 0. The summed E-state index contributed by atoms with van der Waals surface area (Å²) >= 11 is 0. The fourth-order valence-electron chi connectivity index (χ4n) is 4.08. The third-order valence-electron chi connectivity index (χ3n) is 5.30. The maximum atomic E-state index is 12.0. The molecule has 1 heterocycles. The molecule has 1 saturated heterocycles. The van der Waals surface area contributed by atoms with E-state index in [4.69, 9.17) is 4.74 Å². The third-order valence-corrected chi connectivity index (χ3v) is 5.30. The lowest BCUT2D eigenvalue weighted by Gasteiger charge is -2.36. The van der Waals surface area contributed by atoms with Crippen LogP contribution in [0.2, 0.25) is 0 Å². The van der Waals surface area contributed by atoms with Crippen LogP contribution in [0.3, 0.4) is 0 Å². The van der Waals surface area contributed by atoms with E-state index in [0.29, 0.717) is 6.04 Å². The quantitative estimate of drug-likeness (QED) is 0.547. The highest BCUT2D eigenvalue weighted by atomic mass is 16.6. The minimum atomic E-state index is -0.384. The van der Waals surface area contributed by atoms with Crippen LogP contribution in [-0.4, -0.2) is 29.2 Å². The molecule has 0 unspecified atom stereocenters. The number of likely N-dealkylation sites (tertiary alicyclic amines) is 1. The van der Waals surface area contributed by atoms with Gasteiger partial charge in [-0.3, -0.25) is 0 Å². The predicted molar refractivity (Wildman–Crippen MR) is 107 cm³/mol. The second-order valence-corrected chi connectivity index (χ2v) is 8.90. The third kappa shape index (κ3) is 9.51. The topological polar surface area (TPSA) is 29.5 Å². The largest absolute Gasteiger partial charge is 0.444 e. The highest BCUT2D eigenvalue weighted by Gasteiger charge is 2.29. The van der Waals surface area contributed by atoms with E-state index in [-0.39, 0.29) is 11.7 Å². The molecule has 1 aliphatic heterocycles. The molecule has 0 aromatic heterocycles. The van der Waals surface area contributed by atoms with Crippen LogP contribution in [0.4, 0.5) is 4.79 Å². The van der Waals surface area contributed by atoms with Gasteiger partial charge >= 0.3 is 6.09 Å². The molecule has 0 N–H and O–H groups in total. The van der Waals surface area contributed by atoms with Crippen LogP contribution in [0.1, 0.15) is 112 Å². The van der Waals surface area contributed by atoms with Crippen LogP contribution in [0.25, 0.3) is 0 Å². The van der Waals surface area contributed by atoms with Crippen LogP contribution in [-0.2, 0) is 4.74 Å². The molecule has 1 atom stereocenters. The molecule has 148 valence electrons. The number of carbonyl (C=O) groups excluding carboxylic acids is 1. The van der Waals surface area contributed by atoms with E-state index < -0.39 is 0 Å². The standard InChI is InChI=1S/C13H25NO2.C9H18/c1-5-8-11-9-6-7-10-14(11)12(15)16-13(2,3)4;1-2-6-9-7-4-3-5-8-9/h11H,5-10H2,1-4H3;9H,2-8H2,1H3/t11-;/m0./s1. The Kier molecular flexibility index (Phi) is 10.5. The summed E-state index contributed by atoms with van der Waals surface area (Å²) in [6.45, 7) is 11.1. The summed E-state index contributed by atoms with van der Waals surface area (Å²) in [5.41, 5.74) is -0.384. The van der Waals surface area contributed by atoms with Crippen LogP contribution in [0, 0.1) is 5.92 Å². The Morgan fingerprint density at radius 1 is 0.920 bits per heavy atom. The van der Waals surface area contributed by atoms with Gasteiger partial charge in [-0.1, -0.05) is 65.2 Å². The van der Waals surface area contributed by atoms with Crippen molar-refractivity contribution in [3.05, 3.63) is 0 Å². The average Bonchev–Trinajstić information content (AvgIpc) is 2.56. The van der Waals surface area contributed by atoms with E-state index in [1.165, 1.54) is 51.4 Å². The first-order chi connectivity index (χ1) is 11.9. The lowest BCUT2D eigenvalue weighted by atomic mass is 9.86. The first-order valence-corrected chi connectivity index (χ1v) is 10.9. The van der Waals surface area contributed by atoms with Gasteiger partial charge in [0.25, 0.3) is 0 Å². The van der Waals surface area contributed by atoms with Gasteiger partial charge in [0.1, 0.15) is 5.60 Å². The summed E-state index contributed by atoms with van der Waals surface area (Å²) in [4.78, 5) is 13.9. The van der Waals surface area contributed by atoms with E-state index in [1.54, 1.807) is 0 Å². The zero-order valence-corrected chi connectivity index (χ0v) is 17.6. The number of ether oxygens (including phenoxy) is 1. The van der Waals surface area contributed by atoms with Crippen molar-refractivity contribution in [2.75, 3.05) is 6.54 Å². The number of hydrogen-bond acceptors (Lipinski definition) is 2. The summed E-state index contributed by atoms with van der Waals surface area (Å²) in [6.07, 6.45) is 16.0. The number of nitrogens with zero attached hydrogens (tertiary/aromatic N) is 1. The molecule has 0 bridgehead atoms. The smallest absolute Gasteiger partial charge is 0.410 e. The molecule has 2 aliphatic rings. The van der Waals surface area contributed by atoms with Crippen molar-refractivity contribution in [2.45, 2.75) is 123 Å². The zero-order valence-electron chi connectivity index (χ0n) is 17.6. The number of hydrogen-bond donors (Lipinski definition) is 0. The first-order valence-electron chi connectivity index (χ1n) is 10.9. The van der Waals surface area contributed by atoms with Crippen LogP contribution in [0.15, 0.2) is 0 Å². The van der Waals surface area contributed by atoms with Gasteiger partial charge in [-0.2, -0.15) is 0 Å². The van der Waals surface area contributed by atoms with Gasteiger partial charge in [0.2, 0.25) is 0 Å². The first kappa shape index (κ1) is 22.3. The molecule has 1 saturated carbocycles. The lowest BCUT2D eigenvalue weighted by molar-refractivity contribution is 0.00881. The maximum absolute atomic E-state index is 12.0. The van der Waals surface area contributed by atoms with Gasteiger partial charge in [0.15, 0.2) is 0 Å². The summed E-state index contributed by atoms with van der Waals surface area (Å²) in [6, 6.07) is 0.397. The maximum Gasteiger partial charge on any atom is 0.410 e. The Morgan fingerprint density at radius 2 is 1.52 bits per heavy atom. The molecule has 2 rings (SSSR count). The van der Waals surface area contributed by atoms with Crippen LogP contribution in [0.5, 0.6) is 0 Å². The van der Waals surface area contributed by atoms with Gasteiger partial charge in [-0.25, -0.2) is 4.79 Å². The van der Waals surface area contributed by atoms with E-state index >= 15 is 0 Å². The molecule has 0 aromatic rings. The molecule has 3 heteroatoms. The van der Waals surface area contributed by atoms with Crippen LogP contribution < -0.4 is 0 Å². The Balaban J connectivity index is 0.000000293. The number of rotatable bonds is 4. The molecule has 3 nitrogen and oxygen atoms in total. The predicted octanol–water partition coefficient (Wildman–Crippen LogP) is 6.94. The monoisotopic (exact) mass is 353 g/mol. The van der Waals surface area contributed by atoms with Gasteiger partial charge in [-0.15, -0.1) is 0 Å². The second-order valence-electron chi connectivity index (χ2n) is 8.90. The number of piperidine rings is 1. The van der Waals surface area contributed by atoms with Crippen molar-refractivity contribution in [3.63, 3.8) is 0 Å². The molecule has 0 radical (unpaired) electrons. The Hall–Kier alpha value is -0.730. The zero-order chi connectivity index (χ0) is 18.7. The highest BCUT2D eigenvalue weighted by Crippen LogP contribution is 2.27. The van der Waals surface area contributed by atoms with Crippen LogP contribution >= 0.6 is 0 Å². The Labute approximate surface area is 156 Å². The molecule has 1 amide bonds. The fraction of sp³-hybridized carbons (Fsp3) is 0.955. The van der Waals surface area contributed by atoms with Crippen molar-refractivity contribution in [3.8, 4) is 0 Å². The average molecular weight is 354 g/mol. The normalized spacial score (nSPS) is 22.1. The van der Waals surface area contributed by atoms with Gasteiger partial charge in [0, 0.05) is 12.6 Å². The van der Waals surface area contributed by atoms with Gasteiger partial charge in [0.05, 0.1) is 0 Å². The van der Waals surface area contributed by atoms with Crippen molar-refractivity contribution >= 4 is 6.09 Å². The molecule has 2 fully saturated rings. The van der Waals surface area contributed by atoms with Crippen molar-refractivity contribution < 1.29 is 9.53 Å². The Morgan fingerprint density at radius 3 is 2.08 bits per heavy atom. The van der Waals surface area contributed by atoms with E-state index in [1.807, 2.05) is 25.7 Å². The summed E-state index contributed by atoms with van der Waals surface area (Å²) < 4.78 is 5.44. The molecular formula is C22H43NO2. The van der Waals surface area contributed by atoms with Crippen molar-refractivity contribution in [2.24, 2.45) is 5.92 Å². The van der Waals surface area contributed by atoms with E-state index in [9.17, 15) is 4.79 Å². The van der Waals surface area contributed by atoms with Gasteiger partial charge < -0.3 is 9.64 Å². The summed E-state index contributed by atoms with van der Waals surface area (Å²) in [7, 11) is 0. The highest BCUT2D eigenvalue weighted by molar-refractivity contribution is 5.68. The number of carbonyl (C=O) groups is 1. The van der Waals surface area contributed by atoms with E-state index in [2.05, 4.69) is 13.8 Å². The minimum Gasteiger partial charge on any atom is -0.444 e. The molecule has 0 aromatic carbocycles. The fourth-order valence-corrected chi connectivity index (χ4v) is 4.08. The summed E-state index contributed by atoms with van der Waals surface area (Å²) in [5.74, 6) is 1.10. The molecule has 0 spiro atoms. The molecule has 1 aliphatic carbocycles. The SMILES string of the molecule is CCCC1CCCCC1.CCC[C@H]1CCCCN1C(=O)OC(C)(C)C. The van der Waals surface area contributed by atoms with E-state index in [0.717, 1.165) is 38.1 Å². The Bertz CT molecular complexity index is 351. The lowest BCUT2D eigenvalue weighted by Crippen LogP contribution is -2.46. The molecular weight excluding hydrogens is 310 g/mol. The van der Waals surface area contributed by atoms with Crippen molar-refractivity contribution in [1.29, 1.82) is 0 Å². The minimum absolute atomic E-state index is 0.134. The van der Waals surface area contributed by atoms with Crippen molar-refractivity contribution in [1.82, 2.24) is 4.90 Å².